The second-order valence-corrected chi connectivity index (χ2v) is 5.29. The fraction of sp³-hybridized carbons (Fsp3) is 0.125. The smallest absolute Gasteiger partial charge is 0.242 e. The largest absolute Gasteiger partial charge is 0.350 e. The molecule has 0 bridgehead atoms. The molecule has 1 amide bonds. The fourth-order valence-corrected chi connectivity index (χ4v) is 2.45. The van der Waals surface area contributed by atoms with Crippen molar-refractivity contribution in [2.45, 2.75) is 13.1 Å². The topological polar surface area (TPSA) is 46.9 Å². The lowest BCUT2D eigenvalue weighted by atomic mass is 10.2. The maximum absolute atomic E-state index is 13.1. The summed E-state index contributed by atoms with van der Waals surface area (Å²) in [5, 5.41) is 8.33. The highest BCUT2D eigenvalue weighted by atomic mass is 35.5. The number of nitrogens with zero attached hydrogens (tertiary/aromatic N) is 2. The highest BCUT2D eigenvalue weighted by molar-refractivity contribution is 6.35. The summed E-state index contributed by atoms with van der Waals surface area (Å²) in [6.07, 6.45) is 1.64. The normalized spacial score (nSPS) is 10.8. The van der Waals surface area contributed by atoms with Crippen LogP contribution in [0.3, 0.4) is 0 Å². The van der Waals surface area contributed by atoms with Gasteiger partial charge in [-0.15, -0.1) is 0 Å². The van der Waals surface area contributed by atoms with Gasteiger partial charge in [-0.2, -0.15) is 5.10 Å². The number of benzene rings is 2. The molecule has 0 unspecified atom stereocenters. The quantitative estimate of drug-likeness (QED) is 0.803. The zero-order valence-electron chi connectivity index (χ0n) is 11.6. The summed E-state index contributed by atoms with van der Waals surface area (Å²) in [5.41, 5.74) is 1.51. The Balaban J connectivity index is 1.67. The third-order valence-electron chi connectivity index (χ3n) is 3.31. The van der Waals surface area contributed by atoms with E-state index in [0.717, 1.165) is 10.9 Å². The summed E-state index contributed by atoms with van der Waals surface area (Å²) < 4.78 is 14.7. The first kappa shape index (κ1) is 14.5. The zero-order chi connectivity index (χ0) is 15.5. The Bertz CT molecular complexity index is 831. The van der Waals surface area contributed by atoms with Gasteiger partial charge in [-0.05, 0) is 29.8 Å². The molecular formula is C16H13ClFN3O. The van der Waals surface area contributed by atoms with Crippen molar-refractivity contribution < 1.29 is 9.18 Å². The number of fused-ring (bicyclic) bond motifs is 1. The first-order chi connectivity index (χ1) is 10.6. The number of nitrogens with one attached hydrogen (secondary N) is 1. The summed E-state index contributed by atoms with van der Waals surface area (Å²) in [4.78, 5) is 12.0. The van der Waals surface area contributed by atoms with E-state index < -0.39 is 0 Å². The maximum atomic E-state index is 13.1. The van der Waals surface area contributed by atoms with E-state index in [0.29, 0.717) is 10.6 Å². The van der Waals surface area contributed by atoms with Crippen LogP contribution >= 0.6 is 11.6 Å². The Morgan fingerprint density at radius 2 is 2.09 bits per heavy atom. The lowest BCUT2D eigenvalue weighted by Gasteiger charge is -2.07. The molecule has 112 valence electrons. The van der Waals surface area contributed by atoms with Crippen LogP contribution in [0.15, 0.2) is 48.7 Å². The molecule has 0 fully saturated rings. The minimum atomic E-state index is -0.320. The van der Waals surface area contributed by atoms with Crippen LogP contribution in [0.1, 0.15) is 5.56 Å². The average Bonchev–Trinajstić information content (AvgIpc) is 2.90. The van der Waals surface area contributed by atoms with E-state index in [9.17, 15) is 9.18 Å². The van der Waals surface area contributed by atoms with E-state index in [1.165, 1.54) is 12.1 Å². The summed E-state index contributed by atoms with van der Waals surface area (Å²) in [7, 11) is 0. The third-order valence-corrected chi connectivity index (χ3v) is 3.64. The summed E-state index contributed by atoms with van der Waals surface area (Å²) in [5.74, 6) is -0.520. The van der Waals surface area contributed by atoms with Gasteiger partial charge in [0.25, 0.3) is 0 Å². The number of halogens is 2. The molecule has 0 radical (unpaired) electrons. The Morgan fingerprint density at radius 3 is 2.91 bits per heavy atom. The number of carbonyl (C=O) groups excluding carboxylic acids is 1. The SMILES string of the molecule is O=C(Cn1ncc2c(Cl)cccc21)NCc1cccc(F)c1. The molecule has 1 N–H and O–H groups in total. The Hall–Kier alpha value is -2.40. The van der Waals surface area contributed by atoms with E-state index in [1.54, 1.807) is 29.1 Å². The van der Waals surface area contributed by atoms with Gasteiger partial charge in [0.15, 0.2) is 0 Å². The molecule has 4 nitrogen and oxygen atoms in total. The second kappa shape index (κ2) is 6.15. The number of amides is 1. The average molecular weight is 318 g/mol. The van der Waals surface area contributed by atoms with Gasteiger partial charge in [-0.1, -0.05) is 29.8 Å². The lowest BCUT2D eigenvalue weighted by Crippen LogP contribution is -2.27. The molecule has 2 aromatic carbocycles. The van der Waals surface area contributed by atoms with Gasteiger partial charge >= 0.3 is 0 Å². The van der Waals surface area contributed by atoms with Crippen molar-refractivity contribution in [3.8, 4) is 0 Å². The van der Waals surface area contributed by atoms with Crippen molar-refractivity contribution in [2.24, 2.45) is 0 Å². The standard InChI is InChI=1S/C16H13ClFN3O/c17-14-5-2-6-15-13(14)9-20-21(15)10-16(22)19-8-11-3-1-4-12(18)7-11/h1-7,9H,8,10H2,(H,19,22). The Labute approximate surface area is 131 Å². The van der Waals surface area contributed by atoms with Crippen molar-refractivity contribution in [1.29, 1.82) is 0 Å². The van der Waals surface area contributed by atoms with E-state index in [2.05, 4.69) is 10.4 Å². The predicted molar refractivity (Wildman–Crippen MR) is 83.0 cm³/mol. The molecule has 0 spiro atoms. The number of rotatable bonds is 4. The minimum absolute atomic E-state index is 0.0825. The van der Waals surface area contributed by atoms with Crippen LogP contribution in [-0.4, -0.2) is 15.7 Å². The fourth-order valence-electron chi connectivity index (χ4n) is 2.23. The molecule has 0 aliphatic heterocycles. The highest BCUT2D eigenvalue weighted by Gasteiger charge is 2.09. The van der Waals surface area contributed by atoms with Crippen LogP contribution in [0.5, 0.6) is 0 Å². The minimum Gasteiger partial charge on any atom is -0.350 e. The van der Waals surface area contributed by atoms with Crippen molar-refractivity contribution in [3.05, 3.63) is 65.1 Å². The van der Waals surface area contributed by atoms with Gasteiger partial charge in [-0.25, -0.2) is 4.39 Å². The Morgan fingerprint density at radius 1 is 1.27 bits per heavy atom. The van der Waals surface area contributed by atoms with Crippen molar-refractivity contribution in [2.75, 3.05) is 0 Å². The van der Waals surface area contributed by atoms with Crippen molar-refractivity contribution in [1.82, 2.24) is 15.1 Å². The highest BCUT2D eigenvalue weighted by Crippen LogP contribution is 2.22. The van der Waals surface area contributed by atoms with Gasteiger partial charge in [0.2, 0.25) is 5.91 Å². The number of carbonyl (C=O) groups is 1. The van der Waals surface area contributed by atoms with Crippen LogP contribution in [0, 0.1) is 5.82 Å². The van der Waals surface area contributed by atoms with Gasteiger partial charge in [-0.3, -0.25) is 9.48 Å². The van der Waals surface area contributed by atoms with Gasteiger partial charge in [0.1, 0.15) is 12.4 Å². The van der Waals surface area contributed by atoms with Crippen LogP contribution in [-0.2, 0) is 17.9 Å². The molecule has 3 aromatic rings. The first-order valence-corrected chi connectivity index (χ1v) is 7.12. The van der Waals surface area contributed by atoms with Crippen LogP contribution < -0.4 is 5.32 Å². The zero-order valence-corrected chi connectivity index (χ0v) is 12.3. The molecule has 0 aliphatic carbocycles. The lowest BCUT2D eigenvalue weighted by molar-refractivity contribution is -0.121. The van der Waals surface area contributed by atoms with E-state index in [4.69, 9.17) is 11.6 Å². The summed E-state index contributed by atoms with van der Waals surface area (Å²) in [6, 6.07) is 11.6. The van der Waals surface area contributed by atoms with Crippen LogP contribution in [0.2, 0.25) is 5.02 Å². The van der Waals surface area contributed by atoms with Gasteiger partial charge < -0.3 is 5.32 Å². The molecule has 0 atom stereocenters. The molecule has 6 heteroatoms. The van der Waals surface area contributed by atoms with Crippen molar-refractivity contribution >= 4 is 28.4 Å². The number of hydrogen-bond donors (Lipinski definition) is 1. The van der Waals surface area contributed by atoms with E-state index >= 15 is 0 Å². The van der Waals surface area contributed by atoms with Crippen LogP contribution in [0.4, 0.5) is 4.39 Å². The predicted octanol–water partition coefficient (Wildman–Crippen LogP) is 3.15. The molecule has 1 heterocycles. The molecular weight excluding hydrogens is 305 g/mol. The summed E-state index contributed by atoms with van der Waals surface area (Å²) in [6.45, 7) is 0.357. The van der Waals surface area contributed by atoms with Gasteiger partial charge in [0, 0.05) is 11.9 Å². The molecule has 3 rings (SSSR count). The van der Waals surface area contributed by atoms with E-state index in [-0.39, 0.29) is 24.8 Å². The second-order valence-electron chi connectivity index (χ2n) is 4.88. The third kappa shape index (κ3) is 3.09. The molecule has 1 aromatic heterocycles. The first-order valence-electron chi connectivity index (χ1n) is 6.74. The van der Waals surface area contributed by atoms with Crippen LogP contribution in [0.25, 0.3) is 10.9 Å². The van der Waals surface area contributed by atoms with E-state index in [1.807, 2.05) is 12.1 Å². The molecule has 0 aliphatic rings. The maximum Gasteiger partial charge on any atom is 0.242 e. The molecule has 0 saturated heterocycles. The molecule has 0 saturated carbocycles. The van der Waals surface area contributed by atoms with Crippen molar-refractivity contribution in [3.63, 3.8) is 0 Å². The monoisotopic (exact) mass is 317 g/mol. The number of hydrogen-bond acceptors (Lipinski definition) is 2. The molecule has 22 heavy (non-hydrogen) atoms. The van der Waals surface area contributed by atoms with Gasteiger partial charge in [0.05, 0.1) is 16.7 Å². The Kier molecular flexibility index (Phi) is 4.06. The summed E-state index contributed by atoms with van der Waals surface area (Å²) >= 11 is 6.07. The number of aromatic nitrogens is 2.